The first kappa shape index (κ1) is 30.3. The molecule has 0 heterocycles. The van der Waals surface area contributed by atoms with E-state index in [9.17, 15) is 9.59 Å². The summed E-state index contributed by atoms with van der Waals surface area (Å²) in [6.07, 6.45) is 9.99. The van der Waals surface area contributed by atoms with E-state index < -0.39 is 0 Å². The van der Waals surface area contributed by atoms with Gasteiger partial charge >= 0.3 is 0 Å². The van der Waals surface area contributed by atoms with Crippen LogP contribution in [0, 0.1) is 0 Å². The molecule has 0 fully saturated rings. The van der Waals surface area contributed by atoms with Gasteiger partial charge in [-0.1, -0.05) is 53.4 Å². The third kappa shape index (κ3) is 12.4. The quantitative estimate of drug-likeness (QED) is 0.137. The maximum absolute atomic E-state index is 12.9. The highest BCUT2D eigenvalue weighted by Gasteiger charge is 2.21. The molecular formula is C26H50N4O2. The van der Waals surface area contributed by atoms with E-state index >= 15 is 0 Å². The Kier molecular flexibility index (Phi) is 16.8. The van der Waals surface area contributed by atoms with Gasteiger partial charge in [0.05, 0.1) is 12.1 Å². The molecule has 0 radical (unpaired) electrons. The minimum absolute atomic E-state index is 0.0573. The zero-order chi connectivity index (χ0) is 24.5. The average molecular weight is 451 g/mol. The fraction of sp³-hybridized carbons (Fsp3) is 0.846. The van der Waals surface area contributed by atoms with Gasteiger partial charge in [-0.25, -0.2) is 10.0 Å². The Balaban J connectivity index is 4.95. The monoisotopic (exact) mass is 450 g/mol. The van der Waals surface area contributed by atoms with Gasteiger partial charge in [-0.3, -0.25) is 9.59 Å². The van der Waals surface area contributed by atoms with Crippen LogP contribution in [0.3, 0.4) is 0 Å². The molecule has 32 heavy (non-hydrogen) atoms. The van der Waals surface area contributed by atoms with Gasteiger partial charge in [0.2, 0.25) is 11.8 Å². The fourth-order valence-electron chi connectivity index (χ4n) is 3.85. The molecule has 2 amide bonds. The van der Waals surface area contributed by atoms with E-state index in [1.807, 2.05) is 13.8 Å². The summed E-state index contributed by atoms with van der Waals surface area (Å²) >= 11 is 0. The maximum Gasteiger partial charge on any atom is 0.242 e. The number of carbonyl (C=O) groups excluding carboxylic acids is 2. The first-order chi connectivity index (χ1) is 15.2. The van der Waals surface area contributed by atoms with Gasteiger partial charge in [0.1, 0.15) is 0 Å². The largest absolute Gasteiger partial charge is 0.273 e. The van der Waals surface area contributed by atoms with Gasteiger partial charge in [-0.15, -0.1) is 0 Å². The minimum atomic E-state index is 0.0573. The van der Waals surface area contributed by atoms with E-state index in [1.54, 1.807) is 10.0 Å². The summed E-state index contributed by atoms with van der Waals surface area (Å²) in [6.45, 7) is 16.6. The van der Waals surface area contributed by atoms with Gasteiger partial charge in [0, 0.05) is 24.3 Å². The molecule has 0 aliphatic carbocycles. The van der Waals surface area contributed by atoms with Crippen LogP contribution in [0.15, 0.2) is 10.2 Å². The van der Waals surface area contributed by atoms with Gasteiger partial charge < -0.3 is 0 Å². The third-order valence-electron chi connectivity index (χ3n) is 5.57. The van der Waals surface area contributed by atoms with E-state index in [4.69, 9.17) is 0 Å². The van der Waals surface area contributed by atoms with Crippen molar-refractivity contribution in [3.05, 3.63) is 0 Å². The standard InChI is InChI=1S/C26H50N4O2/c1-9-15-21(5)27-29(23(7)17-11-3)25(31)19-13-14-20-26(32)30(24(8)18-12-4)28-22(6)16-10-2/h23-24H,9-20H2,1-8H3. The Hall–Kier alpha value is -1.72. The summed E-state index contributed by atoms with van der Waals surface area (Å²) < 4.78 is 0. The summed E-state index contributed by atoms with van der Waals surface area (Å²) in [5.41, 5.74) is 2.00. The van der Waals surface area contributed by atoms with Crippen LogP contribution in [0.5, 0.6) is 0 Å². The first-order valence-electron chi connectivity index (χ1n) is 12.9. The topological polar surface area (TPSA) is 65.3 Å². The van der Waals surface area contributed by atoms with Crippen LogP contribution in [-0.4, -0.2) is 45.3 Å². The summed E-state index contributed by atoms with van der Waals surface area (Å²) in [5, 5.41) is 12.6. The molecule has 6 heteroatoms. The highest BCUT2D eigenvalue weighted by molar-refractivity contribution is 5.85. The number of hydrogen-bond donors (Lipinski definition) is 0. The van der Waals surface area contributed by atoms with Gasteiger partial charge in [0.25, 0.3) is 0 Å². The predicted octanol–water partition coefficient (Wildman–Crippen LogP) is 6.93. The van der Waals surface area contributed by atoms with Crippen molar-refractivity contribution >= 4 is 23.2 Å². The number of hydrogen-bond acceptors (Lipinski definition) is 4. The first-order valence-corrected chi connectivity index (χ1v) is 12.9. The summed E-state index contributed by atoms with van der Waals surface area (Å²) in [5.74, 6) is 0.115. The van der Waals surface area contributed by atoms with E-state index in [1.165, 1.54) is 0 Å². The van der Waals surface area contributed by atoms with Crippen molar-refractivity contribution in [2.24, 2.45) is 10.2 Å². The molecule has 0 aromatic heterocycles. The van der Waals surface area contributed by atoms with Crippen LogP contribution in [-0.2, 0) is 9.59 Å². The lowest BCUT2D eigenvalue weighted by molar-refractivity contribution is -0.135. The van der Waals surface area contributed by atoms with E-state index in [2.05, 4.69) is 51.7 Å². The van der Waals surface area contributed by atoms with Crippen molar-refractivity contribution in [1.82, 2.24) is 10.0 Å². The van der Waals surface area contributed by atoms with Crippen LogP contribution in [0.25, 0.3) is 0 Å². The van der Waals surface area contributed by atoms with Crippen molar-refractivity contribution in [1.29, 1.82) is 0 Å². The molecule has 0 aliphatic rings. The Morgan fingerprint density at radius 1 is 0.625 bits per heavy atom. The molecule has 0 rings (SSSR count). The number of amides is 2. The van der Waals surface area contributed by atoms with Gasteiger partial charge in [0.15, 0.2) is 0 Å². The van der Waals surface area contributed by atoms with Crippen LogP contribution in [0.2, 0.25) is 0 Å². The lowest BCUT2D eigenvalue weighted by atomic mass is 10.1. The van der Waals surface area contributed by atoms with Crippen molar-refractivity contribution < 1.29 is 9.59 Å². The average Bonchev–Trinajstić information content (AvgIpc) is 2.73. The number of unbranched alkanes of at least 4 members (excludes halogenated alkanes) is 1. The zero-order valence-electron chi connectivity index (χ0n) is 22.2. The molecule has 186 valence electrons. The van der Waals surface area contributed by atoms with Gasteiger partial charge in [-0.2, -0.15) is 10.2 Å². The Labute approximate surface area is 197 Å². The lowest BCUT2D eigenvalue weighted by Crippen LogP contribution is -2.35. The highest BCUT2D eigenvalue weighted by Crippen LogP contribution is 2.15. The van der Waals surface area contributed by atoms with Crippen molar-refractivity contribution in [2.45, 2.75) is 145 Å². The molecule has 0 saturated heterocycles. The Bertz CT molecular complexity index is 549. The van der Waals surface area contributed by atoms with E-state index in [0.717, 1.165) is 62.8 Å². The second kappa shape index (κ2) is 17.8. The maximum atomic E-state index is 12.9. The minimum Gasteiger partial charge on any atom is -0.273 e. The summed E-state index contributed by atoms with van der Waals surface area (Å²) in [6, 6.07) is 0.199. The summed E-state index contributed by atoms with van der Waals surface area (Å²) in [7, 11) is 0. The van der Waals surface area contributed by atoms with Crippen LogP contribution < -0.4 is 0 Å². The fourth-order valence-corrected chi connectivity index (χ4v) is 3.85. The highest BCUT2D eigenvalue weighted by atomic mass is 16.2. The lowest BCUT2D eigenvalue weighted by Gasteiger charge is -2.26. The molecule has 6 nitrogen and oxygen atoms in total. The third-order valence-corrected chi connectivity index (χ3v) is 5.57. The Morgan fingerprint density at radius 2 is 0.969 bits per heavy atom. The van der Waals surface area contributed by atoms with E-state index in [0.29, 0.717) is 25.7 Å². The molecule has 0 bridgehead atoms. The second-order valence-corrected chi connectivity index (χ2v) is 9.13. The molecule has 0 aliphatic heterocycles. The van der Waals surface area contributed by atoms with E-state index in [-0.39, 0.29) is 23.9 Å². The Morgan fingerprint density at radius 3 is 1.25 bits per heavy atom. The molecule has 0 saturated carbocycles. The van der Waals surface area contributed by atoms with Crippen molar-refractivity contribution in [2.75, 3.05) is 0 Å². The van der Waals surface area contributed by atoms with Crippen molar-refractivity contribution in [3.63, 3.8) is 0 Å². The smallest absolute Gasteiger partial charge is 0.242 e. The number of rotatable bonds is 17. The van der Waals surface area contributed by atoms with Gasteiger partial charge in [-0.05, 0) is 66.2 Å². The normalized spacial score (nSPS) is 14.2. The molecular weight excluding hydrogens is 400 g/mol. The number of nitrogens with zero attached hydrogens (tertiary/aromatic N) is 4. The van der Waals surface area contributed by atoms with Crippen LogP contribution in [0.4, 0.5) is 0 Å². The molecule has 0 N–H and O–H groups in total. The molecule has 0 aromatic rings. The number of carbonyl (C=O) groups is 2. The van der Waals surface area contributed by atoms with Crippen LogP contribution in [0.1, 0.15) is 132 Å². The predicted molar refractivity (Wildman–Crippen MR) is 137 cm³/mol. The zero-order valence-corrected chi connectivity index (χ0v) is 22.2. The SMILES string of the molecule is CCCC(C)=NN(C(=O)CCCCC(=O)N(N=C(C)CCC)C(C)CCC)C(C)CCC. The molecule has 0 spiro atoms. The summed E-state index contributed by atoms with van der Waals surface area (Å²) in [4.78, 5) is 25.8. The number of hydrazone groups is 2. The molecule has 2 atom stereocenters. The van der Waals surface area contributed by atoms with Crippen LogP contribution >= 0.6 is 0 Å². The second-order valence-electron chi connectivity index (χ2n) is 9.13. The van der Waals surface area contributed by atoms with Crippen molar-refractivity contribution in [3.8, 4) is 0 Å². The molecule has 2 unspecified atom stereocenters. The molecule has 0 aromatic carbocycles.